The Morgan fingerprint density at radius 1 is 1.26 bits per heavy atom. The summed E-state index contributed by atoms with van der Waals surface area (Å²) in [5.74, 6) is 0. The van der Waals surface area contributed by atoms with Crippen LogP contribution in [-0.2, 0) is 6.54 Å². The molecule has 0 aliphatic carbocycles. The fourth-order valence-electron chi connectivity index (χ4n) is 1.97. The standard InChI is InChI=1S/C15H19N3O/c1-4-16-10-14-15(19)9-12(3)18(17-14)13-7-5-6-11(2)8-13/h5-9,16H,4,10H2,1-3H3. The Morgan fingerprint density at radius 3 is 2.74 bits per heavy atom. The summed E-state index contributed by atoms with van der Waals surface area (Å²) in [5, 5.41) is 7.60. The second kappa shape index (κ2) is 5.80. The summed E-state index contributed by atoms with van der Waals surface area (Å²) >= 11 is 0. The lowest BCUT2D eigenvalue weighted by Gasteiger charge is -2.12. The Labute approximate surface area is 113 Å². The molecule has 2 rings (SSSR count). The van der Waals surface area contributed by atoms with E-state index >= 15 is 0 Å². The molecule has 1 aromatic carbocycles. The highest BCUT2D eigenvalue weighted by Crippen LogP contribution is 2.10. The van der Waals surface area contributed by atoms with Crippen molar-refractivity contribution in [1.29, 1.82) is 0 Å². The summed E-state index contributed by atoms with van der Waals surface area (Å²) in [7, 11) is 0. The molecule has 1 aromatic heterocycles. The first kappa shape index (κ1) is 13.5. The summed E-state index contributed by atoms with van der Waals surface area (Å²) in [6.07, 6.45) is 0. The summed E-state index contributed by atoms with van der Waals surface area (Å²) in [6.45, 7) is 7.27. The minimum Gasteiger partial charge on any atom is -0.311 e. The van der Waals surface area contributed by atoms with Crippen molar-refractivity contribution in [2.45, 2.75) is 27.3 Å². The van der Waals surface area contributed by atoms with E-state index in [-0.39, 0.29) is 5.43 Å². The molecule has 0 spiro atoms. The Morgan fingerprint density at radius 2 is 2.05 bits per heavy atom. The van der Waals surface area contributed by atoms with Gasteiger partial charge in [0, 0.05) is 18.3 Å². The molecule has 0 aliphatic rings. The van der Waals surface area contributed by atoms with E-state index in [0.29, 0.717) is 12.2 Å². The number of hydrogen-bond acceptors (Lipinski definition) is 3. The van der Waals surface area contributed by atoms with Gasteiger partial charge in [0.15, 0.2) is 0 Å². The summed E-state index contributed by atoms with van der Waals surface area (Å²) in [5.41, 5.74) is 3.54. The van der Waals surface area contributed by atoms with Crippen LogP contribution >= 0.6 is 0 Å². The number of aryl methyl sites for hydroxylation is 2. The van der Waals surface area contributed by atoms with E-state index < -0.39 is 0 Å². The van der Waals surface area contributed by atoms with E-state index in [9.17, 15) is 4.79 Å². The molecular weight excluding hydrogens is 238 g/mol. The predicted octanol–water partition coefficient (Wildman–Crippen LogP) is 1.96. The van der Waals surface area contributed by atoms with Crippen LogP contribution in [0, 0.1) is 13.8 Å². The van der Waals surface area contributed by atoms with Gasteiger partial charge in [-0.1, -0.05) is 19.1 Å². The van der Waals surface area contributed by atoms with Gasteiger partial charge < -0.3 is 5.32 Å². The monoisotopic (exact) mass is 257 g/mol. The van der Waals surface area contributed by atoms with Crippen molar-refractivity contribution >= 4 is 0 Å². The Hall–Kier alpha value is -1.94. The highest BCUT2D eigenvalue weighted by molar-refractivity contribution is 5.36. The van der Waals surface area contributed by atoms with Gasteiger partial charge in [-0.2, -0.15) is 5.10 Å². The van der Waals surface area contributed by atoms with E-state index in [2.05, 4.69) is 16.5 Å². The van der Waals surface area contributed by atoms with Crippen LogP contribution in [0.25, 0.3) is 5.69 Å². The van der Waals surface area contributed by atoms with Gasteiger partial charge in [0.25, 0.3) is 0 Å². The Bertz CT molecular complexity index is 632. The van der Waals surface area contributed by atoms with Crippen molar-refractivity contribution in [2.75, 3.05) is 6.54 Å². The van der Waals surface area contributed by atoms with E-state index in [4.69, 9.17) is 0 Å². The molecule has 19 heavy (non-hydrogen) atoms. The van der Waals surface area contributed by atoms with Gasteiger partial charge in [-0.3, -0.25) is 4.79 Å². The van der Waals surface area contributed by atoms with E-state index in [1.165, 1.54) is 5.56 Å². The molecule has 0 fully saturated rings. The second-order valence-electron chi connectivity index (χ2n) is 4.63. The lowest BCUT2D eigenvalue weighted by atomic mass is 10.2. The third-order valence-corrected chi connectivity index (χ3v) is 2.97. The average Bonchev–Trinajstić information content (AvgIpc) is 2.38. The quantitative estimate of drug-likeness (QED) is 0.910. The normalized spacial score (nSPS) is 10.7. The molecule has 0 amide bonds. The molecule has 4 nitrogen and oxygen atoms in total. The van der Waals surface area contributed by atoms with Crippen molar-refractivity contribution in [2.24, 2.45) is 0 Å². The van der Waals surface area contributed by atoms with Crippen molar-refractivity contribution in [3.63, 3.8) is 0 Å². The van der Waals surface area contributed by atoms with Crippen LogP contribution < -0.4 is 10.7 Å². The van der Waals surface area contributed by atoms with Crippen LogP contribution in [0.1, 0.15) is 23.9 Å². The summed E-state index contributed by atoms with van der Waals surface area (Å²) in [4.78, 5) is 11.9. The fraction of sp³-hybridized carbons (Fsp3) is 0.333. The first-order valence-corrected chi connectivity index (χ1v) is 6.49. The number of hydrogen-bond donors (Lipinski definition) is 1. The molecule has 0 saturated heterocycles. The maximum Gasteiger partial charge on any atom is 0.204 e. The molecule has 0 atom stereocenters. The Kier molecular flexibility index (Phi) is 4.12. The fourth-order valence-corrected chi connectivity index (χ4v) is 1.97. The van der Waals surface area contributed by atoms with Crippen LogP contribution in [0.3, 0.4) is 0 Å². The lowest BCUT2D eigenvalue weighted by molar-refractivity contribution is 0.666. The minimum absolute atomic E-state index is 0.0117. The molecule has 0 radical (unpaired) electrons. The van der Waals surface area contributed by atoms with Crippen molar-refractivity contribution in [1.82, 2.24) is 15.1 Å². The molecular formula is C15H19N3O. The van der Waals surface area contributed by atoms with Gasteiger partial charge in [-0.05, 0) is 38.1 Å². The Balaban J connectivity index is 2.48. The highest BCUT2D eigenvalue weighted by atomic mass is 16.1. The number of nitrogens with one attached hydrogen (secondary N) is 1. The molecule has 0 unspecified atom stereocenters. The maximum absolute atomic E-state index is 11.9. The zero-order chi connectivity index (χ0) is 13.8. The van der Waals surface area contributed by atoms with Crippen LogP contribution in [0.15, 0.2) is 35.1 Å². The van der Waals surface area contributed by atoms with Gasteiger partial charge in [0.05, 0.1) is 5.69 Å². The van der Waals surface area contributed by atoms with Gasteiger partial charge in [-0.15, -0.1) is 0 Å². The topological polar surface area (TPSA) is 46.9 Å². The number of rotatable bonds is 4. The molecule has 1 heterocycles. The molecule has 1 N–H and O–H groups in total. The van der Waals surface area contributed by atoms with Crippen LogP contribution in [0.5, 0.6) is 0 Å². The summed E-state index contributed by atoms with van der Waals surface area (Å²) < 4.78 is 1.82. The third-order valence-electron chi connectivity index (χ3n) is 2.97. The van der Waals surface area contributed by atoms with Crippen LogP contribution in [0.2, 0.25) is 0 Å². The molecule has 100 valence electrons. The molecule has 0 aliphatic heterocycles. The number of aromatic nitrogens is 2. The highest BCUT2D eigenvalue weighted by Gasteiger charge is 2.07. The molecule has 4 heteroatoms. The largest absolute Gasteiger partial charge is 0.311 e. The van der Waals surface area contributed by atoms with Gasteiger partial charge in [0.1, 0.15) is 5.69 Å². The predicted molar refractivity (Wildman–Crippen MR) is 76.7 cm³/mol. The zero-order valence-electron chi connectivity index (χ0n) is 11.6. The first-order valence-electron chi connectivity index (χ1n) is 6.49. The average molecular weight is 257 g/mol. The van der Waals surface area contributed by atoms with E-state index in [0.717, 1.165) is 17.9 Å². The number of nitrogens with zero attached hydrogens (tertiary/aromatic N) is 2. The SMILES string of the molecule is CCNCc1nn(-c2cccc(C)c2)c(C)cc1=O. The van der Waals surface area contributed by atoms with Crippen molar-refractivity contribution < 1.29 is 0 Å². The van der Waals surface area contributed by atoms with Gasteiger partial charge in [-0.25, -0.2) is 4.68 Å². The van der Waals surface area contributed by atoms with Crippen LogP contribution in [0.4, 0.5) is 0 Å². The van der Waals surface area contributed by atoms with E-state index in [1.54, 1.807) is 6.07 Å². The van der Waals surface area contributed by atoms with Crippen molar-refractivity contribution in [3.8, 4) is 5.69 Å². The van der Waals surface area contributed by atoms with Gasteiger partial charge >= 0.3 is 0 Å². The molecule has 0 saturated carbocycles. The van der Waals surface area contributed by atoms with Crippen LogP contribution in [-0.4, -0.2) is 16.3 Å². The summed E-state index contributed by atoms with van der Waals surface area (Å²) in [6, 6.07) is 9.73. The molecule has 2 aromatic rings. The van der Waals surface area contributed by atoms with Crippen molar-refractivity contribution in [3.05, 3.63) is 57.5 Å². The smallest absolute Gasteiger partial charge is 0.204 e. The third kappa shape index (κ3) is 3.09. The lowest BCUT2D eigenvalue weighted by Crippen LogP contribution is -2.24. The zero-order valence-corrected chi connectivity index (χ0v) is 11.6. The maximum atomic E-state index is 11.9. The van der Waals surface area contributed by atoms with Gasteiger partial charge in [0.2, 0.25) is 5.43 Å². The first-order chi connectivity index (χ1) is 9.11. The molecule has 0 bridgehead atoms. The minimum atomic E-state index is -0.0117. The van der Waals surface area contributed by atoms with E-state index in [1.807, 2.05) is 43.7 Å². The second-order valence-corrected chi connectivity index (χ2v) is 4.63. The number of benzene rings is 1.